The van der Waals surface area contributed by atoms with Crippen LogP contribution in [0.4, 0.5) is 0 Å². The van der Waals surface area contributed by atoms with Gasteiger partial charge in [-0.3, -0.25) is 4.79 Å². The summed E-state index contributed by atoms with van der Waals surface area (Å²) in [5.41, 5.74) is 8.58. The molecule has 0 fully saturated rings. The minimum absolute atomic E-state index is 0.0742. The Morgan fingerprint density at radius 1 is 1.56 bits per heavy atom. The van der Waals surface area contributed by atoms with Crippen LogP contribution in [-0.4, -0.2) is 24.2 Å². The number of ether oxygens (including phenoxy) is 1. The number of hydrogen-bond acceptors (Lipinski definition) is 3. The van der Waals surface area contributed by atoms with Crippen molar-refractivity contribution in [2.75, 3.05) is 7.11 Å². The second-order valence-electron chi connectivity index (χ2n) is 4.79. The number of carboxylic acids is 1. The fourth-order valence-corrected chi connectivity index (χ4v) is 2.79. The maximum atomic E-state index is 10.5. The number of carboxylic acid groups (broad SMARTS) is 1. The van der Waals surface area contributed by atoms with E-state index in [0.29, 0.717) is 6.42 Å². The summed E-state index contributed by atoms with van der Waals surface area (Å²) in [6.07, 6.45) is 2.53. The smallest absolute Gasteiger partial charge is 0.303 e. The first-order valence-electron chi connectivity index (χ1n) is 6.26. The number of hydrogen-bond donors (Lipinski definition) is 2. The van der Waals surface area contributed by atoms with E-state index < -0.39 is 5.97 Å². The lowest BCUT2D eigenvalue weighted by Crippen LogP contribution is -2.25. The normalized spacial score (nSPS) is 21.7. The minimum atomic E-state index is -0.743. The first kappa shape index (κ1) is 12.9. The summed E-state index contributed by atoms with van der Waals surface area (Å²) < 4.78 is 5.35. The summed E-state index contributed by atoms with van der Waals surface area (Å²) >= 11 is 0. The molecule has 0 spiro atoms. The predicted molar refractivity (Wildman–Crippen MR) is 68.9 cm³/mol. The maximum Gasteiger partial charge on any atom is 0.303 e. The average molecular weight is 249 g/mol. The molecule has 0 saturated heterocycles. The van der Waals surface area contributed by atoms with E-state index in [1.54, 1.807) is 7.11 Å². The van der Waals surface area contributed by atoms with E-state index in [-0.39, 0.29) is 18.4 Å². The fourth-order valence-electron chi connectivity index (χ4n) is 2.79. The molecule has 2 rings (SSSR count). The highest BCUT2D eigenvalue weighted by atomic mass is 16.5. The number of aliphatic carboxylic acids is 1. The Labute approximate surface area is 107 Å². The molecule has 0 heterocycles. The van der Waals surface area contributed by atoms with Gasteiger partial charge in [-0.1, -0.05) is 12.1 Å². The van der Waals surface area contributed by atoms with Gasteiger partial charge in [-0.05, 0) is 42.4 Å². The highest BCUT2D eigenvalue weighted by Crippen LogP contribution is 2.40. The molecule has 1 aliphatic rings. The molecule has 98 valence electrons. The van der Waals surface area contributed by atoms with Crippen molar-refractivity contribution >= 4 is 5.97 Å². The molecular formula is C14H19NO3. The van der Waals surface area contributed by atoms with Crippen LogP contribution in [-0.2, 0) is 11.2 Å². The Morgan fingerprint density at radius 3 is 3.00 bits per heavy atom. The molecule has 1 aliphatic carbocycles. The highest BCUT2D eigenvalue weighted by molar-refractivity contribution is 5.66. The zero-order valence-electron chi connectivity index (χ0n) is 10.6. The van der Waals surface area contributed by atoms with E-state index in [0.717, 1.165) is 18.6 Å². The van der Waals surface area contributed by atoms with E-state index in [1.165, 1.54) is 11.1 Å². The molecule has 0 bridgehead atoms. The van der Waals surface area contributed by atoms with Crippen LogP contribution in [0.5, 0.6) is 5.75 Å². The van der Waals surface area contributed by atoms with Crippen molar-refractivity contribution in [3.63, 3.8) is 0 Å². The molecule has 0 saturated carbocycles. The predicted octanol–water partition coefficient (Wildman–Crippen LogP) is 1.92. The molecule has 0 radical (unpaired) electrons. The number of nitrogens with two attached hydrogens (primary N) is 1. The Bertz CT molecular complexity index is 445. The topological polar surface area (TPSA) is 72.5 Å². The third-order valence-electron chi connectivity index (χ3n) is 3.65. The minimum Gasteiger partial charge on any atom is -0.496 e. The molecule has 1 aromatic carbocycles. The molecule has 2 atom stereocenters. The van der Waals surface area contributed by atoms with Crippen molar-refractivity contribution in [3.8, 4) is 5.75 Å². The number of methoxy groups -OCH3 is 1. The molecule has 0 aliphatic heterocycles. The van der Waals surface area contributed by atoms with Crippen LogP contribution in [0.1, 0.15) is 36.3 Å². The average Bonchev–Trinajstić information content (AvgIpc) is 2.65. The van der Waals surface area contributed by atoms with E-state index in [4.69, 9.17) is 15.6 Å². The Hall–Kier alpha value is -1.55. The van der Waals surface area contributed by atoms with Crippen LogP contribution in [0.2, 0.25) is 0 Å². The van der Waals surface area contributed by atoms with Gasteiger partial charge in [-0.25, -0.2) is 0 Å². The maximum absolute atomic E-state index is 10.5. The van der Waals surface area contributed by atoms with Crippen LogP contribution < -0.4 is 10.5 Å². The van der Waals surface area contributed by atoms with E-state index in [1.807, 2.05) is 12.1 Å². The molecule has 0 amide bonds. The molecule has 3 N–H and O–H groups in total. The third kappa shape index (κ3) is 2.48. The summed E-state index contributed by atoms with van der Waals surface area (Å²) in [7, 11) is 1.67. The quantitative estimate of drug-likeness (QED) is 0.836. The van der Waals surface area contributed by atoms with Gasteiger partial charge in [-0.15, -0.1) is 0 Å². The Morgan fingerprint density at radius 2 is 2.33 bits per heavy atom. The standard InChI is InChI=1S/C14H19NO3/c1-18-13-6-2-4-9-10(5-3-7-14(16)17)12(15)8-11(9)13/h2,4,6,10,12H,3,5,7-8,15H2,1H3,(H,16,17). The second-order valence-corrected chi connectivity index (χ2v) is 4.79. The number of rotatable bonds is 5. The van der Waals surface area contributed by atoms with Crippen molar-refractivity contribution in [1.82, 2.24) is 0 Å². The molecule has 1 aromatic rings. The van der Waals surface area contributed by atoms with Crippen molar-refractivity contribution in [2.24, 2.45) is 5.73 Å². The number of benzene rings is 1. The summed E-state index contributed by atoms with van der Waals surface area (Å²) in [4.78, 5) is 10.5. The van der Waals surface area contributed by atoms with Crippen molar-refractivity contribution in [2.45, 2.75) is 37.6 Å². The first-order valence-corrected chi connectivity index (χ1v) is 6.26. The van der Waals surface area contributed by atoms with Gasteiger partial charge in [0.15, 0.2) is 0 Å². The Kier molecular flexibility index (Phi) is 3.87. The highest BCUT2D eigenvalue weighted by Gasteiger charge is 2.31. The van der Waals surface area contributed by atoms with Crippen molar-refractivity contribution < 1.29 is 14.6 Å². The van der Waals surface area contributed by atoms with Gasteiger partial charge in [0.2, 0.25) is 0 Å². The van der Waals surface area contributed by atoms with Crippen molar-refractivity contribution in [3.05, 3.63) is 29.3 Å². The van der Waals surface area contributed by atoms with Crippen molar-refractivity contribution in [1.29, 1.82) is 0 Å². The zero-order valence-corrected chi connectivity index (χ0v) is 10.6. The largest absolute Gasteiger partial charge is 0.496 e. The SMILES string of the molecule is COc1cccc2c1CC(N)C2CCCC(=O)O. The van der Waals surface area contributed by atoms with Gasteiger partial charge in [0, 0.05) is 12.5 Å². The van der Waals surface area contributed by atoms with Gasteiger partial charge >= 0.3 is 5.97 Å². The lowest BCUT2D eigenvalue weighted by Gasteiger charge is -2.16. The summed E-state index contributed by atoms with van der Waals surface area (Å²) in [6, 6.07) is 6.08. The molecule has 4 nitrogen and oxygen atoms in total. The van der Waals surface area contributed by atoms with Crippen LogP contribution in [0.25, 0.3) is 0 Å². The lowest BCUT2D eigenvalue weighted by molar-refractivity contribution is -0.137. The van der Waals surface area contributed by atoms with Gasteiger partial charge < -0.3 is 15.6 Å². The second kappa shape index (κ2) is 5.40. The van der Waals surface area contributed by atoms with Crippen LogP contribution in [0.3, 0.4) is 0 Å². The third-order valence-corrected chi connectivity index (χ3v) is 3.65. The summed E-state index contributed by atoms with van der Waals surface area (Å²) in [6.45, 7) is 0. The first-order chi connectivity index (χ1) is 8.63. The van der Waals surface area contributed by atoms with E-state index in [2.05, 4.69) is 6.07 Å². The molecule has 4 heteroatoms. The van der Waals surface area contributed by atoms with Gasteiger partial charge in [0.05, 0.1) is 7.11 Å². The van der Waals surface area contributed by atoms with Crippen LogP contribution in [0, 0.1) is 0 Å². The molecule has 0 aromatic heterocycles. The molecule has 2 unspecified atom stereocenters. The van der Waals surface area contributed by atoms with Gasteiger partial charge in [0.1, 0.15) is 5.75 Å². The number of fused-ring (bicyclic) bond motifs is 1. The zero-order chi connectivity index (χ0) is 13.1. The molecule has 18 heavy (non-hydrogen) atoms. The molecular weight excluding hydrogens is 230 g/mol. The Balaban J connectivity index is 2.12. The van der Waals surface area contributed by atoms with E-state index >= 15 is 0 Å². The van der Waals surface area contributed by atoms with Gasteiger partial charge in [0.25, 0.3) is 0 Å². The van der Waals surface area contributed by atoms with Crippen LogP contribution >= 0.6 is 0 Å². The fraction of sp³-hybridized carbons (Fsp3) is 0.500. The van der Waals surface area contributed by atoms with Crippen LogP contribution in [0.15, 0.2) is 18.2 Å². The van der Waals surface area contributed by atoms with E-state index in [9.17, 15) is 4.79 Å². The monoisotopic (exact) mass is 249 g/mol. The summed E-state index contributed by atoms with van der Waals surface area (Å²) in [5, 5.41) is 8.68. The lowest BCUT2D eigenvalue weighted by atomic mass is 9.93. The summed E-state index contributed by atoms with van der Waals surface area (Å²) in [5.74, 6) is 0.408. The van der Waals surface area contributed by atoms with Gasteiger partial charge in [-0.2, -0.15) is 0 Å². The number of carbonyl (C=O) groups is 1.